The molecule has 0 aliphatic rings. The molecule has 24 heavy (non-hydrogen) atoms. The molecule has 0 saturated heterocycles. The van der Waals surface area contributed by atoms with Crippen molar-refractivity contribution >= 4 is 23.5 Å². The highest BCUT2D eigenvalue weighted by Crippen LogP contribution is 2.06. The molecule has 120 valence electrons. The number of hydrogen-bond acceptors (Lipinski definition) is 4. The van der Waals surface area contributed by atoms with Gasteiger partial charge < -0.3 is 5.32 Å². The molecular formula is C17H15N5O2. The predicted octanol–water partition coefficient (Wildman–Crippen LogP) is 2.17. The largest absolute Gasteiger partial charge is 0.324 e. The van der Waals surface area contributed by atoms with Gasteiger partial charge in [0.15, 0.2) is 0 Å². The maximum Gasteiger partial charge on any atom is 0.258 e. The van der Waals surface area contributed by atoms with Crippen molar-refractivity contribution in [1.29, 1.82) is 0 Å². The van der Waals surface area contributed by atoms with Gasteiger partial charge in [0.2, 0.25) is 11.9 Å². The number of nitrogens with zero attached hydrogens (tertiary/aromatic N) is 3. The molecular weight excluding hydrogens is 306 g/mol. The number of amides is 2. The zero-order valence-corrected chi connectivity index (χ0v) is 12.7. The second-order valence-corrected chi connectivity index (χ2v) is 5.00. The minimum absolute atomic E-state index is 0.00308. The Morgan fingerprint density at radius 2 is 1.58 bits per heavy atom. The lowest BCUT2D eigenvalue weighted by Crippen LogP contribution is -2.19. The molecule has 7 nitrogen and oxygen atoms in total. The summed E-state index contributed by atoms with van der Waals surface area (Å²) in [5.41, 5.74) is 1.22. The van der Waals surface area contributed by atoms with E-state index < -0.39 is 0 Å². The maximum atomic E-state index is 12.0. The van der Waals surface area contributed by atoms with E-state index in [-0.39, 0.29) is 24.3 Å². The number of para-hydroxylation sites is 1. The van der Waals surface area contributed by atoms with Crippen molar-refractivity contribution in [2.75, 3.05) is 10.6 Å². The molecule has 1 aromatic heterocycles. The fourth-order valence-electron chi connectivity index (χ4n) is 2.06. The van der Waals surface area contributed by atoms with Gasteiger partial charge in [0.25, 0.3) is 5.91 Å². The first kappa shape index (κ1) is 15.4. The van der Waals surface area contributed by atoms with E-state index in [0.29, 0.717) is 11.3 Å². The SMILES string of the molecule is O=C(Cn1cnc(NC(=O)c2ccccc2)n1)Nc1ccccc1. The van der Waals surface area contributed by atoms with Gasteiger partial charge in [-0.2, -0.15) is 0 Å². The summed E-state index contributed by atoms with van der Waals surface area (Å²) in [6.07, 6.45) is 1.39. The zero-order valence-electron chi connectivity index (χ0n) is 12.7. The number of carbonyl (C=O) groups excluding carboxylic acids is 2. The van der Waals surface area contributed by atoms with Crippen molar-refractivity contribution in [2.24, 2.45) is 0 Å². The monoisotopic (exact) mass is 321 g/mol. The Labute approximate surface area is 138 Å². The van der Waals surface area contributed by atoms with Gasteiger partial charge in [0.05, 0.1) is 0 Å². The number of nitrogens with one attached hydrogen (secondary N) is 2. The van der Waals surface area contributed by atoms with Crippen molar-refractivity contribution in [3.8, 4) is 0 Å². The van der Waals surface area contributed by atoms with Gasteiger partial charge in [-0.25, -0.2) is 9.67 Å². The molecule has 2 amide bonds. The molecule has 2 aromatic carbocycles. The van der Waals surface area contributed by atoms with E-state index in [1.807, 2.05) is 24.3 Å². The third-order valence-electron chi connectivity index (χ3n) is 3.16. The van der Waals surface area contributed by atoms with Crippen LogP contribution in [0.4, 0.5) is 11.6 Å². The van der Waals surface area contributed by atoms with E-state index in [1.54, 1.807) is 36.4 Å². The molecule has 0 unspecified atom stereocenters. The molecule has 0 saturated carbocycles. The fourth-order valence-corrected chi connectivity index (χ4v) is 2.06. The molecule has 0 spiro atoms. The van der Waals surface area contributed by atoms with Crippen LogP contribution in [0.3, 0.4) is 0 Å². The highest BCUT2D eigenvalue weighted by Gasteiger charge is 2.10. The minimum Gasteiger partial charge on any atom is -0.324 e. The van der Waals surface area contributed by atoms with Crippen molar-refractivity contribution in [3.63, 3.8) is 0 Å². The molecule has 0 aliphatic heterocycles. The second-order valence-electron chi connectivity index (χ2n) is 5.00. The normalized spacial score (nSPS) is 10.2. The van der Waals surface area contributed by atoms with Gasteiger partial charge in [-0.05, 0) is 24.3 Å². The van der Waals surface area contributed by atoms with Crippen LogP contribution in [0.15, 0.2) is 67.0 Å². The van der Waals surface area contributed by atoms with Crippen LogP contribution < -0.4 is 10.6 Å². The number of anilines is 2. The van der Waals surface area contributed by atoms with E-state index in [1.165, 1.54) is 11.0 Å². The standard InChI is InChI=1S/C17H15N5O2/c23-15(19-14-9-5-2-6-10-14)11-22-12-18-17(21-22)20-16(24)13-7-3-1-4-8-13/h1-10,12H,11H2,(H,19,23)(H,20,21,24). The van der Waals surface area contributed by atoms with Crippen molar-refractivity contribution in [2.45, 2.75) is 6.54 Å². The van der Waals surface area contributed by atoms with Gasteiger partial charge in [-0.15, -0.1) is 5.10 Å². The second kappa shape index (κ2) is 7.19. The first-order valence-electron chi connectivity index (χ1n) is 7.31. The highest BCUT2D eigenvalue weighted by molar-refractivity contribution is 6.03. The average molecular weight is 321 g/mol. The van der Waals surface area contributed by atoms with Crippen molar-refractivity contribution in [3.05, 3.63) is 72.6 Å². The number of aromatic nitrogens is 3. The third-order valence-corrected chi connectivity index (χ3v) is 3.16. The lowest BCUT2D eigenvalue weighted by molar-refractivity contribution is -0.116. The quantitative estimate of drug-likeness (QED) is 0.754. The highest BCUT2D eigenvalue weighted by atomic mass is 16.2. The van der Waals surface area contributed by atoms with Crippen molar-refractivity contribution < 1.29 is 9.59 Å². The van der Waals surface area contributed by atoms with Gasteiger partial charge >= 0.3 is 0 Å². The topological polar surface area (TPSA) is 88.9 Å². The van der Waals surface area contributed by atoms with Gasteiger partial charge in [0.1, 0.15) is 12.9 Å². The summed E-state index contributed by atoms with van der Waals surface area (Å²) < 4.78 is 1.36. The number of benzene rings is 2. The Balaban J connectivity index is 1.57. The van der Waals surface area contributed by atoms with E-state index in [0.717, 1.165) is 0 Å². The van der Waals surface area contributed by atoms with E-state index in [2.05, 4.69) is 20.7 Å². The van der Waals surface area contributed by atoms with Crippen LogP contribution in [-0.4, -0.2) is 26.6 Å². The Kier molecular flexibility index (Phi) is 4.62. The van der Waals surface area contributed by atoms with Crippen LogP contribution in [0, 0.1) is 0 Å². The van der Waals surface area contributed by atoms with Crippen LogP contribution >= 0.6 is 0 Å². The summed E-state index contributed by atoms with van der Waals surface area (Å²) in [5, 5.41) is 9.41. The first-order chi connectivity index (χ1) is 11.7. The van der Waals surface area contributed by atoms with Crippen LogP contribution in [0.1, 0.15) is 10.4 Å². The van der Waals surface area contributed by atoms with Crippen LogP contribution in [0.25, 0.3) is 0 Å². The van der Waals surface area contributed by atoms with Gasteiger partial charge in [0, 0.05) is 11.3 Å². The summed E-state index contributed by atoms with van der Waals surface area (Å²) in [4.78, 5) is 27.9. The predicted molar refractivity (Wildman–Crippen MR) is 89.5 cm³/mol. The Morgan fingerprint density at radius 3 is 2.29 bits per heavy atom. The molecule has 0 aliphatic carbocycles. The van der Waals surface area contributed by atoms with Crippen LogP contribution in [0.2, 0.25) is 0 Å². The number of hydrogen-bond donors (Lipinski definition) is 2. The Bertz CT molecular complexity index is 830. The molecule has 7 heteroatoms. The molecule has 3 rings (SSSR count). The van der Waals surface area contributed by atoms with Crippen molar-refractivity contribution in [1.82, 2.24) is 14.8 Å². The number of carbonyl (C=O) groups is 2. The Morgan fingerprint density at radius 1 is 0.917 bits per heavy atom. The lowest BCUT2D eigenvalue weighted by atomic mass is 10.2. The molecule has 3 aromatic rings. The van der Waals surface area contributed by atoms with Crippen LogP contribution in [-0.2, 0) is 11.3 Å². The maximum absolute atomic E-state index is 12.0. The first-order valence-corrected chi connectivity index (χ1v) is 7.31. The van der Waals surface area contributed by atoms with E-state index >= 15 is 0 Å². The molecule has 0 radical (unpaired) electrons. The molecule has 0 atom stereocenters. The van der Waals surface area contributed by atoms with E-state index in [9.17, 15) is 9.59 Å². The summed E-state index contributed by atoms with van der Waals surface area (Å²) in [5.74, 6) is -0.384. The zero-order chi connectivity index (χ0) is 16.8. The molecule has 2 N–H and O–H groups in total. The summed E-state index contributed by atoms with van der Waals surface area (Å²) in [6.45, 7) is 0.00308. The Hall–Kier alpha value is -3.48. The summed E-state index contributed by atoms with van der Waals surface area (Å²) >= 11 is 0. The third kappa shape index (κ3) is 4.04. The van der Waals surface area contributed by atoms with Gasteiger partial charge in [-0.3, -0.25) is 14.9 Å². The molecule has 1 heterocycles. The van der Waals surface area contributed by atoms with Gasteiger partial charge in [-0.1, -0.05) is 36.4 Å². The smallest absolute Gasteiger partial charge is 0.258 e. The lowest BCUT2D eigenvalue weighted by Gasteiger charge is -2.04. The molecule has 0 fully saturated rings. The summed E-state index contributed by atoms with van der Waals surface area (Å²) in [7, 11) is 0. The van der Waals surface area contributed by atoms with Crippen LogP contribution in [0.5, 0.6) is 0 Å². The summed E-state index contributed by atoms with van der Waals surface area (Å²) in [6, 6.07) is 17.9. The average Bonchev–Trinajstić information content (AvgIpc) is 3.03. The minimum atomic E-state index is -0.304. The molecule has 0 bridgehead atoms. The van der Waals surface area contributed by atoms with E-state index in [4.69, 9.17) is 0 Å². The fraction of sp³-hybridized carbons (Fsp3) is 0.0588. The number of rotatable bonds is 5.